The smallest absolute Gasteiger partial charge is 0.312 e. The Labute approximate surface area is 172 Å². The first-order valence-corrected chi connectivity index (χ1v) is 10.9. The Morgan fingerprint density at radius 2 is 1.86 bits per heavy atom. The summed E-state index contributed by atoms with van der Waals surface area (Å²) < 4.78 is 5.16. The number of piperidine rings is 1. The topological polar surface area (TPSA) is 70.1 Å². The first-order valence-electron chi connectivity index (χ1n) is 10.9. The van der Waals surface area contributed by atoms with Gasteiger partial charge in [0.05, 0.1) is 12.0 Å². The highest BCUT2D eigenvalue weighted by atomic mass is 16.5. The number of carbonyl (C=O) groups is 2. The van der Waals surface area contributed by atoms with Crippen molar-refractivity contribution >= 4 is 11.9 Å². The van der Waals surface area contributed by atoms with E-state index in [1.165, 1.54) is 0 Å². The molecule has 3 saturated heterocycles. The summed E-state index contributed by atoms with van der Waals surface area (Å²) in [5.41, 5.74) is 0.195. The zero-order chi connectivity index (χ0) is 20.4. The summed E-state index contributed by atoms with van der Waals surface area (Å²) in [5, 5.41) is 10.2. The molecule has 3 heterocycles. The van der Waals surface area contributed by atoms with Crippen molar-refractivity contribution in [2.45, 2.75) is 50.6 Å². The van der Waals surface area contributed by atoms with Gasteiger partial charge in [0.15, 0.2) is 0 Å². The van der Waals surface area contributed by atoms with Gasteiger partial charge in [0, 0.05) is 31.7 Å². The first kappa shape index (κ1) is 20.4. The van der Waals surface area contributed by atoms with Crippen LogP contribution in [0.25, 0.3) is 0 Å². The molecule has 6 heteroatoms. The van der Waals surface area contributed by atoms with Crippen LogP contribution >= 0.6 is 0 Å². The lowest BCUT2D eigenvalue weighted by atomic mass is 9.70. The van der Waals surface area contributed by atoms with E-state index >= 15 is 0 Å². The lowest BCUT2D eigenvalue weighted by molar-refractivity contribution is -0.152. The van der Waals surface area contributed by atoms with Gasteiger partial charge in [-0.1, -0.05) is 30.3 Å². The number of rotatable bonds is 7. The second kappa shape index (κ2) is 8.44. The molecule has 0 unspecified atom stereocenters. The fraction of sp³-hybridized carbons (Fsp3) is 0.652. The van der Waals surface area contributed by atoms with E-state index in [-0.39, 0.29) is 23.9 Å². The van der Waals surface area contributed by atoms with Crippen LogP contribution in [0.2, 0.25) is 0 Å². The highest BCUT2D eigenvalue weighted by Gasteiger charge is 2.61. The Hall–Kier alpha value is -1.92. The van der Waals surface area contributed by atoms with Gasteiger partial charge in [0.25, 0.3) is 0 Å². The fourth-order valence-electron chi connectivity index (χ4n) is 5.81. The Balaban J connectivity index is 1.47. The Morgan fingerprint density at radius 1 is 1.14 bits per heavy atom. The molecule has 0 aromatic heterocycles. The molecule has 0 aliphatic carbocycles. The maximum absolute atomic E-state index is 13.4. The first-order chi connectivity index (χ1) is 14.0. The zero-order valence-electron chi connectivity index (χ0n) is 17.3. The lowest BCUT2D eigenvalue weighted by Crippen LogP contribution is -2.49. The number of carboxylic acids is 1. The van der Waals surface area contributed by atoms with Crippen LogP contribution in [0.1, 0.15) is 37.7 Å². The normalized spacial score (nSPS) is 30.0. The van der Waals surface area contributed by atoms with Gasteiger partial charge in [-0.15, -0.1) is 0 Å². The average Bonchev–Trinajstić information content (AvgIpc) is 3.29. The molecule has 4 rings (SSSR count). The van der Waals surface area contributed by atoms with Gasteiger partial charge >= 0.3 is 5.97 Å². The third kappa shape index (κ3) is 3.80. The average molecular weight is 401 g/mol. The fourth-order valence-corrected chi connectivity index (χ4v) is 5.81. The number of hydrogen-bond donors (Lipinski definition) is 1. The molecule has 1 N–H and O–H groups in total. The molecule has 29 heavy (non-hydrogen) atoms. The number of methoxy groups -OCH3 is 1. The van der Waals surface area contributed by atoms with Crippen LogP contribution in [0.4, 0.5) is 0 Å². The minimum Gasteiger partial charge on any atom is -0.481 e. The van der Waals surface area contributed by atoms with E-state index in [1.54, 1.807) is 7.11 Å². The molecule has 3 aliphatic rings. The van der Waals surface area contributed by atoms with Gasteiger partial charge in [-0.2, -0.15) is 0 Å². The van der Waals surface area contributed by atoms with Crippen LogP contribution in [0, 0.1) is 11.3 Å². The summed E-state index contributed by atoms with van der Waals surface area (Å²) >= 11 is 0. The van der Waals surface area contributed by atoms with Crippen molar-refractivity contribution in [3.8, 4) is 0 Å². The highest BCUT2D eigenvalue weighted by molar-refractivity contribution is 5.84. The monoisotopic (exact) mass is 400 g/mol. The van der Waals surface area contributed by atoms with E-state index in [0.29, 0.717) is 12.8 Å². The van der Waals surface area contributed by atoms with Crippen molar-refractivity contribution in [3.05, 3.63) is 35.9 Å². The van der Waals surface area contributed by atoms with E-state index in [9.17, 15) is 14.7 Å². The largest absolute Gasteiger partial charge is 0.481 e. The Kier molecular flexibility index (Phi) is 5.93. The van der Waals surface area contributed by atoms with E-state index < -0.39 is 11.4 Å². The molecule has 1 amide bonds. The van der Waals surface area contributed by atoms with E-state index in [1.807, 2.05) is 35.2 Å². The second-order valence-corrected chi connectivity index (χ2v) is 8.93. The van der Waals surface area contributed by atoms with Gasteiger partial charge in [-0.05, 0) is 57.2 Å². The molecule has 1 aromatic carbocycles. The molecule has 0 radical (unpaired) electrons. The Bertz CT molecular complexity index is 732. The summed E-state index contributed by atoms with van der Waals surface area (Å²) in [6.07, 6.45) is 4.55. The molecule has 158 valence electrons. The summed E-state index contributed by atoms with van der Waals surface area (Å²) in [6.45, 7) is 3.45. The number of carbonyl (C=O) groups excluding carboxylic acids is 1. The van der Waals surface area contributed by atoms with Gasteiger partial charge in [0.1, 0.15) is 0 Å². The highest BCUT2D eigenvalue weighted by Crippen LogP contribution is 2.52. The van der Waals surface area contributed by atoms with Crippen molar-refractivity contribution in [1.82, 2.24) is 9.80 Å². The van der Waals surface area contributed by atoms with Gasteiger partial charge < -0.3 is 19.6 Å². The minimum absolute atomic E-state index is 0.0261. The van der Waals surface area contributed by atoms with Crippen LogP contribution < -0.4 is 0 Å². The van der Waals surface area contributed by atoms with Gasteiger partial charge in [-0.25, -0.2) is 0 Å². The zero-order valence-corrected chi connectivity index (χ0v) is 17.3. The molecule has 3 fully saturated rings. The third-order valence-corrected chi connectivity index (χ3v) is 7.33. The van der Waals surface area contributed by atoms with E-state index in [0.717, 1.165) is 57.5 Å². The number of aliphatic carboxylic acids is 1. The van der Waals surface area contributed by atoms with Crippen LogP contribution in [-0.2, 0) is 20.7 Å². The van der Waals surface area contributed by atoms with Crippen molar-refractivity contribution < 1.29 is 19.4 Å². The van der Waals surface area contributed by atoms with Crippen molar-refractivity contribution in [3.63, 3.8) is 0 Å². The summed E-state index contributed by atoms with van der Waals surface area (Å²) in [4.78, 5) is 30.2. The maximum Gasteiger partial charge on any atom is 0.312 e. The van der Waals surface area contributed by atoms with Crippen LogP contribution in [0.5, 0.6) is 0 Å². The SMILES string of the molecule is COCCN1CCC(C(=O)N2[C@H]3CC[C@@H]2[C@](Cc2ccccc2)(C(=O)O)C3)CC1. The summed E-state index contributed by atoms with van der Waals surface area (Å²) in [7, 11) is 1.71. The molecule has 1 aromatic rings. The quantitative estimate of drug-likeness (QED) is 0.761. The number of likely N-dealkylation sites (tertiary alicyclic amines) is 1. The predicted molar refractivity (Wildman–Crippen MR) is 110 cm³/mol. The van der Waals surface area contributed by atoms with Gasteiger partial charge in [0.2, 0.25) is 5.91 Å². The number of benzene rings is 1. The van der Waals surface area contributed by atoms with Crippen LogP contribution in [-0.4, -0.2) is 72.2 Å². The number of nitrogens with zero attached hydrogens (tertiary/aromatic N) is 2. The molecule has 0 spiro atoms. The van der Waals surface area contributed by atoms with Gasteiger partial charge in [-0.3, -0.25) is 9.59 Å². The van der Waals surface area contributed by atoms with E-state index in [4.69, 9.17) is 4.74 Å². The third-order valence-electron chi connectivity index (χ3n) is 7.33. The summed E-state index contributed by atoms with van der Waals surface area (Å²) in [6, 6.07) is 9.77. The molecule has 0 saturated carbocycles. The molecular weight excluding hydrogens is 368 g/mol. The molecule has 6 nitrogen and oxygen atoms in total. The maximum atomic E-state index is 13.4. The predicted octanol–water partition coefficient (Wildman–Crippen LogP) is 2.42. The van der Waals surface area contributed by atoms with Crippen LogP contribution in [0.15, 0.2) is 30.3 Å². The van der Waals surface area contributed by atoms with E-state index in [2.05, 4.69) is 4.90 Å². The van der Waals surface area contributed by atoms with Crippen molar-refractivity contribution in [1.29, 1.82) is 0 Å². The number of carboxylic acid groups (broad SMARTS) is 1. The second-order valence-electron chi connectivity index (χ2n) is 8.93. The van der Waals surface area contributed by atoms with Crippen LogP contribution in [0.3, 0.4) is 0 Å². The molecule has 2 bridgehead atoms. The number of hydrogen-bond acceptors (Lipinski definition) is 4. The minimum atomic E-state index is -0.848. The number of ether oxygens (including phenoxy) is 1. The number of amides is 1. The lowest BCUT2D eigenvalue weighted by Gasteiger charge is -2.36. The van der Waals surface area contributed by atoms with Crippen molar-refractivity contribution in [2.75, 3.05) is 33.4 Å². The Morgan fingerprint density at radius 3 is 2.52 bits per heavy atom. The molecule has 3 aliphatic heterocycles. The summed E-state index contributed by atoms with van der Waals surface area (Å²) in [5.74, 6) is -0.529. The molecular formula is C23H32N2O4. The van der Waals surface area contributed by atoms with Crippen molar-refractivity contribution in [2.24, 2.45) is 11.3 Å². The number of fused-ring (bicyclic) bond motifs is 2. The molecule has 3 atom stereocenters. The standard InChI is InChI=1S/C23H32N2O4/c1-29-14-13-24-11-9-18(10-12-24)21(26)25-19-7-8-20(25)23(16-19,22(27)28)15-17-5-3-2-4-6-17/h2-6,18-20H,7-16H2,1H3,(H,27,28)/t19-,20+,23+/m0/s1.